The van der Waals surface area contributed by atoms with Crippen molar-refractivity contribution in [3.63, 3.8) is 0 Å². The lowest BCUT2D eigenvalue weighted by Crippen LogP contribution is -2.51. The van der Waals surface area contributed by atoms with Gasteiger partial charge < -0.3 is 14.9 Å². The summed E-state index contributed by atoms with van der Waals surface area (Å²) < 4.78 is 0.914. The maximum absolute atomic E-state index is 12.8. The Bertz CT molecular complexity index is 619. The number of thioether (sulfide) groups is 1. The van der Waals surface area contributed by atoms with E-state index in [0.29, 0.717) is 31.9 Å². The van der Waals surface area contributed by atoms with Gasteiger partial charge in [0.05, 0.1) is 17.8 Å². The number of hydrogen-bond donors (Lipinski definition) is 1. The molecular weight excluding hydrogens is 346 g/mol. The van der Waals surface area contributed by atoms with Crippen molar-refractivity contribution in [2.45, 2.75) is 30.5 Å². The summed E-state index contributed by atoms with van der Waals surface area (Å²) in [5.41, 5.74) is 0.553. The number of aliphatic hydroxyl groups excluding tert-OH is 1. The van der Waals surface area contributed by atoms with Crippen LogP contribution in [0.2, 0.25) is 0 Å². The molecule has 0 saturated carbocycles. The molecule has 132 valence electrons. The van der Waals surface area contributed by atoms with Gasteiger partial charge in [0, 0.05) is 37.3 Å². The van der Waals surface area contributed by atoms with Gasteiger partial charge in [0.25, 0.3) is 0 Å². The highest BCUT2D eigenvalue weighted by atomic mass is 32.2. The second-order valence-corrected chi connectivity index (χ2v) is 8.59. The lowest BCUT2D eigenvalue weighted by molar-refractivity contribution is -0.146. The molecular formula is C16H23N3O3S2. The second-order valence-electron chi connectivity index (χ2n) is 6.51. The Kier molecular flexibility index (Phi) is 5.46. The summed E-state index contributed by atoms with van der Waals surface area (Å²) in [7, 11) is 0. The number of nitrogens with zero attached hydrogens (tertiary/aromatic N) is 3. The number of carbonyl (C=O) groups excluding carboxylic acids is 2. The first kappa shape index (κ1) is 17.7. The number of aromatic nitrogens is 1. The molecule has 1 spiro atoms. The zero-order chi connectivity index (χ0) is 17.2. The number of rotatable bonds is 5. The van der Waals surface area contributed by atoms with E-state index >= 15 is 0 Å². The highest BCUT2D eigenvalue weighted by Gasteiger charge is 2.49. The molecule has 0 radical (unpaired) electrons. The highest BCUT2D eigenvalue weighted by Crippen LogP contribution is 2.40. The van der Waals surface area contributed by atoms with Crippen LogP contribution in [0.25, 0.3) is 0 Å². The van der Waals surface area contributed by atoms with Crippen LogP contribution < -0.4 is 0 Å². The first-order valence-corrected chi connectivity index (χ1v) is 10.1. The summed E-state index contributed by atoms with van der Waals surface area (Å²) in [6.45, 7) is 4.22. The quantitative estimate of drug-likeness (QED) is 0.794. The zero-order valence-electron chi connectivity index (χ0n) is 13.9. The molecule has 1 aromatic rings. The lowest BCUT2D eigenvalue weighted by atomic mass is 9.78. The number of aryl methyl sites for hydroxylation is 1. The molecule has 0 aliphatic carbocycles. The monoisotopic (exact) mass is 369 g/mol. The highest BCUT2D eigenvalue weighted by molar-refractivity contribution is 8.01. The third-order valence-electron chi connectivity index (χ3n) is 4.82. The molecule has 1 atom stereocenters. The Balaban J connectivity index is 1.57. The smallest absolute Gasteiger partial charge is 0.233 e. The summed E-state index contributed by atoms with van der Waals surface area (Å²) in [5.74, 6) is 0.565. The van der Waals surface area contributed by atoms with E-state index in [0.717, 1.165) is 29.3 Å². The van der Waals surface area contributed by atoms with Gasteiger partial charge >= 0.3 is 0 Å². The number of aliphatic hydroxyl groups is 1. The van der Waals surface area contributed by atoms with Gasteiger partial charge in [-0.2, -0.15) is 0 Å². The molecule has 2 amide bonds. The van der Waals surface area contributed by atoms with E-state index in [9.17, 15) is 9.59 Å². The molecule has 2 aliphatic heterocycles. The summed E-state index contributed by atoms with van der Waals surface area (Å²) in [4.78, 5) is 33.2. The van der Waals surface area contributed by atoms with Crippen LogP contribution in [0.1, 0.15) is 25.0 Å². The van der Waals surface area contributed by atoms with E-state index in [1.807, 2.05) is 17.2 Å². The molecule has 8 heteroatoms. The van der Waals surface area contributed by atoms with Gasteiger partial charge in [0.2, 0.25) is 11.8 Å². The van der Waals surface area contributed by atoms with Crippen molar-refractivity contribution in [3.05, 3.63) is 11.1 Å². The molecule has 3 rings (SSSR count). The first-order chi connectivity index (χ1) is 11.5. The third kappa shape index (κ3) is 3.60. The molecule has 2 aliphatic rings. The third-order valence-corrected chi connectivity index (χ3v) is 6.94. The van der Waals surface area contributed by atoms with E-state index in [4.69, 9.17) is 5.11 Å². The Morgan fingerprint density at radius 3 is 3.00 bits per heavy atom. The van der Waals surface area contributed by atoms with Crippen LogP contribution in [0, 0.1) is 12.3 Å². The van der Waals surface area contributed by atoms with Gasteiger partial charge in [-0.15, -0.1) is 11.3 Å². The topological polar surface area (TPSA) is 73.7 Å². The van der Waals surface area contributed by atoms with Crippen molar-refractivity contribution < 1.29 is 14.7 Å². The van der Waals surface area contributed by atoms with Crippen molar-refractivity contribution in [2.75, 3.05) is 38.5 Å². The van der Waals surface area contributed by atoms with Gasteiger partial charge in [-0.25, -0.2) is 4.98 Å². The molecule has 3 heterocycles. The van der Waals surface area contributed by atoms with Gasteiger partial charge in [-0.1, -0.05) is 11.8 Å². The van der Waals surface area contributed by atoms with E-state index in [-0.39, 0.29) is 18.4 Å². The SMILES string of the molecule is Cc1csc(SCC(=O)N2CC[C@@]3(CCCN(CCO)C3=O)C2)n1. The number of thiazole rings is 1. The lowest BCUT2D eigenvalue weighted by Gasteiger charge is -2.39. The minimum absolute atomic E-state index is 0.00562. The van der Waals surface area contributed by atoms with E-state index in [1.165, 1.54) is 11.8 Å². The largest absolute Gasteiger partial charge is 0.395 e. The van der Waals surface area contributed by atoms with Gasteiger partial charge in [-0.05, 0) is 26.2 Å². The Labute approximate surface area is 150 Å². The fraction of sp³-hybridized carbons (Fsp3) is 0.688. The molecule has 2 saturated heterocycles. The van der Waals surface area contributed by atoms with Crippen LogP contribution in [0.15, 0.2) is 9.72 Å². The normalized spacial score (nSPS) is 24.2. The van der Waals surface area contributed by atoms with E-state index in [2.05, 4.69) is 4.98 Å². The van der Waals surface area contributed by atoms with Crippen LogP contribution in [0.3, 0.4) is 0 Å². The number of β-amino-alcohol motifs (C(OH)–C–C–N with tert-alkyl or cyclic N) is 1. The maximum Gasteiger partial charge on any atom is 0.233 e. The second kappa shape index (κ2) is 7.41. The molecule has 1 N–H and O–H groups in total. The van der Waals surface area contributed by atoms with Crippen LogP contribution in [0.4, 0.5) is 0 Å². The van der Waals surface area contributed by atoms with Gasteiger partial charge in [-0.3, -0.25) is 9.59 Å². The van der Waals surface area contributed by atoms with E-state index < -0.39 is 5.41 Å². The molecule has 0 unspecified atom stereocenters. The summed E-state index contributed by atoms with van der Waals surface area (Å²) >= 11 is 3.03. The molecule has 6 nitrogen and oxygen atoms in total. The van der Waals surface area contributed by atoms with Crippen molar-refractivity contribution in [1.82, 2.24) is 14.8 Å². The fourth-order valence-electron chi connectivity index (χ4n) is 3.56. The maximum atomic E-state index is 12.8. The average molecular weight is 370 g/mol. The number of hydrogen-bond acceptors (Lipinski definition) is 6. The van der Waals surface area contributed by atoms with Crippen molar-refractivity contribution in [1.29, 1.82) is 0 Å². The number of carbonyl (C=O) groups is 2. The van der Waals surface area contributed by atoms with Gasteiger partial charge in [0.1, 0.15) is 0 Å². The van der Waals surface area contributed by atoms with Crippen LogP contribution in [0.5, 0.6) is 0 Å². The molecule has 0 aromatic carbocycles. The number of likely N-dealkylation sites (tertiary alicyclic amines) is 2. The standard InChI is InChI=1S/C16H23N3O3S2/c1-12-9-23-15(17-12)24-10-13(21)19-6-4-16(11-19)3-2-5-18(7-8-20)14(16)22/h9,20H,2-8,10-11H2,1H3/t16-/m0/s1. The number of amides is 2. The molecule has 24 heavy (non-hydrogen) atoms. The summed E-state index contributed by atoms with van der Waals surface area (Å²) in [6, 6.07) is 0. The first-order valence-electron chi connectivity index (χ1n) is 8.27. The zero-order valence-corrected chi connectivity index (χ0v) is 15.5. The fourth-order valence-corrected chi connectivity index (χ4v) is 5.32. The van der Waals surface area contributed by atoms with Crippen molar-refractivity contribution in [3.8, 4) is 0 Å². The predicted molar refractivity (Wildman–Crippen MR) is 94.1 cm³/mol. The minimum Gasteiger partial charge on any atom is -0.395 e. The minimum atomic E-state index is -0.425. The predicted octanol–water partition coefficient (Wildman–Crippen LogP) is 1.38. The van der Waals surface area contributed by atoms with Gasteiger partial charge in [0.15, 0.2) is 4.34 Å². The number of piperidine rings is 1. The average Bonchev–Trinajstić information content (AvgIpc) is 3.17. The van der Waals surface area contributed by atoms with Crippen LogP contribution >= 0.6 is 23.1 Å². The van der Waals surface area contributed by atoms with Crippen molar-refractivity contribution >= 4 is 34.9 Å². The Morgan fingerprint density at radius 1 is 1.46 bits per heavy atom. The Morgan fingerprint density at radius 2 is 2.29 bits per heavy atom. The Hall–Kier alpha value is -1.12. The molecule has 0 bridgehead atoms. The van der Waals surface area contributed by atoms with E-state index in [1.54, 1.807) is 16.2 Å². The van der Waals surface area contributed by atoms with Crippen LogP contribution in [-0.4, -0.2) is 70.2 Å². The molecule has 2 fully saturated rings. The summed E-state index contributed by atoms with van der Waals surface area (Å²) in [5, 5.41) is 11.1. The van der Waals surface area contributed by atoms with Crippen LogP contribution in [-0.2, 0) is 9.59 Å². The van der Waals surface area contributed by atoms with Crippen molar-refractivity contribution in [2.24, 2.45) is 5.41 Å². The molecule has 1 aromatic heterocycles. The summed E-state index contributed by atoms with van der Waals surface area (Å²) in [6.07, 6.45) is 2.53.